The van der Waals surface area contributed by atoms with Crippen LogP contribution in [-0.4, -0.2) is 30.2 Å². The first-order chi connectivity index (χ1) is 13.1. The number of carbonyl (C=O) groups is 1. The summed E-state index contributed by atoms with van der Waals surface area (Å²) < 4.78 is 15.9. The number of nitrogens with zero attached hydrogens (tertiary/aromatic N) is 1. The maximum atomic E-state index is 12.3. The van der Waals surface area contributed by atoms with Crippen molar-refractivity contribution in [2.75, 3.05) is 19.5 Å². The Morgan fingerprint density at radius 3 is 2.41 bits per heavy atom. The van der Waals surface area contributed by atoms with Crippen molar-refractivity contribution >= 4 is 11.6 Å². The van der Waals surface area contributed by atoms with Crippen molar-refractivity contribution in [3.63, 3.8) is 0 Å². The van der Waals surface area contributed by atoms with Gasteiger partial charge in [0, 0.05) is 24.0 Å². The molecule has 3 rings (SSSR count). The van der Waals surface area contributed by atoms with Gasteiger partial charge in [-0.1, -0.05) is 6.07 Å². The van der Waals surface area contributed by atoms with E-state index in [1.54, 1.807) is 37.4 Å². The van der Waals surface area contributed by atoms with Crippen LogP contribution in [-0.2, 0) is 0 Å². The second-order valence-electron chi connectivity index (χ2n) is 5.47. The van der Waals surface area contributed by atoms with E-state index in [1.807, 2.05) is 18.2 Å². The topological polar surface area (TPSA) is 89.9 Å². The van der Waals surface area contributed by atoms with E-state index < -0.39 is 5.91 Å². The van der Waals surface area contributed by atoms with E-state index in [0.717, 1.165) is 0 Å². The van der Waals surface area contributed by atoms with Crippen LogP contribution in [0.15, 0.2) is 60.8 Å². The summed E-state index contributed by atoms with van der Waals surface area (Å²) in [4.78, 5) is 16.2. The minimum Gasteiger partial charge on any atom is -0.503 e. The second kappa shape index (κ2) is 8.09. The molecule has 0 fully saturated rings. The summed E-state index contributed by atoms with van der Waals surface area (Å²) in [6.07, 6.45) is 1.39. The van der Waals surface area contributed by atoms with Gasteiger partial charge in [-0.3, -0.25) is 4.79 Å². The largest absolute Gasteiger partial charge is 0.503 e. The zero-order valence-electron chi connectivity index (χ0n) is 14.8. The van der Waals surface area contributed by atoms with Crippen LogP contribution in [0.1, 0.15) is 10.5 Å². The lowest BCUT2D eigenvalue weighted by atomic mass is 10.2. The number of pyridine rings is 1. The minimum atomic E-state index is -0.548. The molecule has 0 bridgehead atoms. The predicted molar refractivity (Wildman–Crippen MR) is 99.9 cm³/mol. The van der Waals surface area contributed by atoms with Crippen molar-refractivity contribution in [1.29, 1.82) is 0 Å². The minimum absolute atomic E-state index is 0.119. The highest BCUT2D eigenvalue weighted by Crippen LogP contribution is 2.29. The van der Waals surface area contributed by atoms with Gasteiger partial charge in [0.05, 0.1) is 14.2 Å². The number of nitrogens with one attached hydrogen (secondary N) is 1. The molecular weight excluding hydrogens is 348 g/mol. The molecule has 7 nitrogen and oxygen atoms in total. The first-order valence-electron chi connectivity index (χ1n) is 8.06. The Morgan fingerprint density at radius 1 is 0.963 bits per heavy atom. The number of aromatic nitrogens is 1. The molecule has 0 unspecified atom stereocenters. The SMILES string of the molecule is COc1cccc(Oc2ccc(NC(=O)c3nccc(OC)c3O)cc2)c1. The van der Waals surface area contributed by atoms with Crippen molar-refractivity contribution in [1.82, 2.24) is 4.98 Å². The molecule has 3 aromatic rings. The maximum absolute atomic E-state index is 12.3. The van der Waals surface area contributed by atoms with Crippen LogP contribution in [0.5, 0.6) is 28.7 Å². The molecule has 0 aliphatic rings. The fourth-order valence-electron chi connectivity index (χ4n) is 2.36. The van der Waals surface area contributed by atoms with E-state index in [-0.39, 0.29) is 17.2 Å². The first-order valence-corrected chi connectivity index (χ1v) is 8.06. The zero-order valence-corrected chi connectivity index (χ0v) is 14.8. The van der Waals surface area contributed by atoms with E-state index in [1.165, 1.54) is 19.4 Å². The molecule has 0 aliphatic carbocycles. The van der Waals surface area contributed by atoms with Gasteiger partial charge < -0.3 is 24.6 Å². The number of methoxy groups -OCH3 is 2. The average molecular weight is 366 g/mol. The summed E-state index contributed by atoms with van der Waals surface area (Å²) in [6, 6.07) is 15.5. The van der Waals surface area contributed by atoms with Crippen LogP contribution < -0.4 is 19.5 Å². The van der Waals surface area contributed by atoms with Crippen molar-refractivity contribution in [3.8, 4) is 28.7 Å². The number of benzene rings is 2. The fourth-order valence-corrected chi connectivity index (χ4v) is 2.36. The standard InChI is InChI=1S/C20H18N2O5/c1-25-15-4-3-5-16(12-15)27-14-8-6-13(7-9-14)22-20(24)18-19(23)17(26-2)10-11-21-18/h3-12,23H,1-2H3,(H,22,24). The molecule has 2 N–H and O–H groups in total. The molecule has 0 radical (unpaired) electrons. The highest BCUT2D eigenvalue weighted by atomic mass is 16.5. The summed E-state index contributed by atoms with van der Waals surface area (Å²) in [7, 11) is 2.99. The summed E-state index contributed by atoms with van der Waals surface area (Å²) in [5.74, 6) is 1.25. The molecule has 1 amide bonds. The van der Waals surface area contributed by atoms with Gasteiger partial charge in [-0.2, -0.15) is 0 Å². The molecular formula is C20H18N2O5. The van der Waals surface area contributed by atoms with Crippen LogP contribution >= 0.6 is 0 Å². The number of rotatable bonds is 6. The van der Waals surface area contributed by atoms with E-state index in [0.29, 0.717) is 22.9 Å². The fraction of sp³-hybridized carbons (Fsp3) is 0.100. The summed E-state index contributed by atoms with van der Waals surface area (Å²) >= 11 is 0. The molecule has 7 heteroatoms. The second-order valence-corrected chi connectivity index (χ2v) is 5.47. The number of aromatic hydroxyl groups is 1. The Bertz CT molecular complexity index is 941. The lowest BCUT2D eigenvalue weighted by Gasteiger charge is -2.10. The van der Waals surface area contributed by atoms with Gasteiger partial charge >= 0.3 is 0 Å². The number of ether oxygens (including phenoxy) is 3. The van der Waals surface area contributed by atoms with Crippen molar-refractivity contribution in [2.45, 2.75) is 0 Å². The molecule has 1 aromatic heterocycles. The lowest BCUT2D eigenvalue weighted by Crippen LogP contribution is -2.14. The number of carbonyl (C=O) groups excluding carboxylic acids is 1. The smallest absolute Gasteiger partial charge is 0.278 e. The van der Waals surface area contributed by atoms with Crippen LogP contribution in [0.2, 0.25) is 0 Å². The average Bonchev–Trinajstić information content (AvgIpc) is 2.69. The third-order valence-electron chi connectivity index (χ3n) is 3.71. The normalized spacial score (nSPS) is 10.1. The van der Waals surface area contributed by atoms with E-state index in [4.69, 9.17) is 14.2 Å². The zero-order chi connectivity index (χ0) is 19.2. The molecule has 0 spiro atoms. The Labute approximate surface area is 156 Å². The molecule has 138 valence electrons. The van der Waals surface area contributed by atoms with E-state index in [2.05, 4.69) is 10.3 Å². The van der Waals surface area contributed by atoms with Gasteiger partial charge in [0.15, 0.2) is 17.2 Å². The molecule has 27 heavy (non-hydrogen) atoms. The van der Waals surface area contributed by atoms with Crippen LogP contribution in [0.3, 0.4) is 0 Å². The highest BCUT2D eigenvalue weighted by Gasteiger charge is 2.16. The van der Waals surface area contributed by atoms with Crippen molar-refractivity contribution in [3.05, 3.63) is 66.5 Å². The molecule has 0 aliphatic heterocycles. The van der Waals surface area contributed by atoms with Gasteiger partial charge in [-0.15, -0.1) is 0 Å². The molecule has 0 saturated heterocycles. The summed E-state index contributed by atoms with van der Waals surface area (Å²) in [6.45, 7) is 0. The quantitative estimate of drug-likeness (QED) is 0.689. The summed E-state index contributed by atoms with van der Waals surface area (Å²) in [5, 5.41) is 12.7. The van der Waals surface area contributed by atoms with Crippen LogP contribution in [0.25, 0.3) is 0 Å². The Kier molecular flexibility index (Phi) is 5.41. The highest BCUT2D eigenvalue weighted by molar-refractivity contribution is 6.05. The summed E-state index contributed by atoms with van der Waals surface area (Å²) in [5.41, 5.74) is 0.410. The van der Waals surface area contributed by atoms with Crippen molar-refractivity contribution < 1.29 is 24.1 Å². The Hall–Kier alpha value is -3.74. The number of anilines is 1. The van der Waals surface area contributed by atoms with Crippen LogP contribution in [0.4, 0.5) is 5.69 Å². The third kappa shape index (κ3) is 4.27. The number of amides is 1. The lowest BCUT2D eigenvalue weighted by molar-refractivity contribution is 0.101. The van der Waals surface area contributed by atoms with Gasteiger partial charge in [0.1, 0.15) is 17.2 Å². The Morgan fingerprint density at radius 2 is 1.70 bits per heavy atom. The van der Waals surface area contributed by atoms with E-state index >= 15 is 0 Å². The van der Waals surface area contributed by atoms with Gasteiger partial charge in [0.25, 0.3) is 5.91 Å². The first kappa shape index (κ1) is 18.1. The van der Waals surface area contributed by atoms with Gasteiger partial charge in [-0.25, -0.2) is 4.98 Å². The van der Waals surface area contributed by atoms with Gasteiger partial charge in [-0.05, 0) is 36.4 Å². The van der Waals surface area contributed by atoms with Crippen molar-refractivity contribution in [2.24, 2.45) is 0 Å². The predicted octanol–water partition coefficient (Wildman–Crippen LogP) is 3.85. The number of hydrogen-bond acceptors (Lipinski definition) is 6. The maximum Gasteiger partial charge on any atom is 0.278 e. The number of hydrogen-bond donors (Lipinski definition) is 2. The van der Waals surface area contributed by atoms with Gasteiger partial charge in [0.2, 0.25) is 0 Å². The third-order valence-corrected chi connectivity index (χ3v) is 3.71. The monoisotopic (exact) mass is 366 g/mol. The van der Waals surface area contributed by atoms with E-state index in [9.17, 15) is 9.90 Å². The molecule has 1 heterocycles. The molecule has 0 saturated carbocycles. The Balaban J connectivity index is 1.69. The molecule has 0 atom stereocenters. The molecule has 2 aromatic carbocycles. The van der Waals surface area contributed by atoms with Crippen LogP contribution in [0, 0.1) is 0 Å².